The Morgan fingerprint density at radius 3 is 2.61 bits per heavy atom. The highest BCUT2D eigenvalue weighted by Crippen LogP contribution is 2.41. The van der Waals surface area contributed by atoms with Crippen LogP contribution in [0.3, 0.4) is 0 Å². The Morgan fingerprint density at radius 2 is 1.92 bits per heavy atom. The van der Waals surface area contributed by atoms with Crippen molar-refractivity contribution in [2.45, 2.75) is 44.9 Å². The number of sulfonamides is 1. The zero-order chi connectivity index (χ0) is 26.7. The van der Waals surface area contributed by atoms with Gasteiger partial charge in [-0.3, -0.25) is 4.98 Å². The van der Waals surface area contributed by atoms with Crippen LogP contribution in [0.5, 0.6) is 11.6 Å². The van der Waals surface area contributed by atoms with Gasteiger partial charge < -0.3 is 14.0 Å². The number of imidazole rings is 1. The van der Waals surface area contributed by atoms with Gasteiger partial charge in [0.05, 0.1) is 36.6 Å². The summed E-state index contributed by atoms with van der Waals surface area (Å²) < 4.78 is 38.8. The molecule has 0 radical (unpaired) electrons. The summed E-state index contributed by atoms with van der Waals surface area (Å²) in [6.45, 7) is 5.15. The minimum Gasteiger partial charge on any atom is -0.488 e. The Morgan fingerprint density at radius 1 is 1.13 bits per heavy atom. The summed E-state index contributed by atoms with van der Waals surface area (Å²) in [6, 6.07) is 9.36. The van der Waals surface area contributed by atoms with Crippen LogP contribution in [0.1, 0.15) is 31.0 Å². The van der Waals surface area contributed by atoms with Crippen molar-refractivity contribution in [1.82, 2.24) is 28.8 Å². The summed E-state index contributed by atoms with van der Waals surface area (Å²) in [5.41, 5.74) is 3.62. The van der Waals surface area contributed by atoms with Crippen molar-refractivity contribution in [3.8, 4) is 23.0 Å². The average molecular weight is 555 g/mol. The molecule has 1 aliphatic heterocycles. The fourth-order valence-electron chi connectivity index (χ4n) is 4.39. The lowest BCUT2D eigenvalue weighted by Crippen LogP contribution is -2.55. The van der Waals surface area contributed by atoms with E-state index in [1.807, 2.05) is 35.8 Å². The maximum Gasteiger partial charge on any atom is 0.245 e. The van der Waals surface area contributed by atoms with Crippen LogP contribution >= 0.6 is 11.6 Å². The summed E-state index contributed by atoms with van der Waals surface area (Å²) in [5, 5.41) is 0.445. The average Bonchev–Trinajstić information content (AvgIpc) is 3.44. The van der Waals surface area contributed by atoms with Gasteiger partial charge in [-0.15, -0.1) is 0 Å². The number of rotatable bonds is 8. The van der Waals surface area contributed by atoms with Gasteiger partial charge in [-0.1, -0.05) is 11.6 Å². The number of benzene rings is 1. The molecule has 12 heteroatoms. The first-order valence-corrected chi connectivity index (χ1v) is 14.5. The third-order valence-corrected chi connectivity index (χ3v) is 8.40. The molecule has 2 fully saturated rings. The molecule has 0 unspecified atom stereocenters. The third-order valence-electron chi connectivity index (χ3n) is 6.86. The SMILES string of the molecule is Cc1ccnc(Cn2c(-c3ccc(OC4CN(S(C)(=O)=O)C4)cc3Cl)nc3c(OC4(C)CC4)ncnc32)c1. The van der Waals surface area contributed by atoms with Gasteiger partial charge in [-0.25, -0.2) is 18.4 Å². The van der Waals surface area contributed by atoms with E-state index in [2.05, 4.69) is 21.9 Å². The summed E-state index contributed by atoms with van der Waals surface area (Å²) in [6.07, 6.45) is 6.18. The fraction of sp³-hybridized carbons (Fsp3) is 0.385. The third kappa shape index (κ3) is 4.93. The number of aryl methyl sites for hydroxylation is 1. The van der Waals surface area contributed by atoms with Gasteiger partial charge in [0.15, 0.2) is 11.2 Å². The molecule has 0 N–H and O–H groups in total. The van der Waals surface area contributed by atoms with E-state index in [1.165, 1.54) is 16.9 Å². The molecule has 38 heavy (non-hydrogen) atoms. The van der Waals surface area contributed by atoms with E-state index in [0.29, 0.717) is 58.8 Å². The van der Waals surface area contributed by atoms with E-state index in [-0.39, 0.29) is 11.7 Å². The fourth-order valence-corrected chi connectivity index (χ4v) is 5.52. The van der Waals surface area contributed by atoms with Gasteiger partial charge in [0, 0.05) is 11.8 Å². The van der Waals surface area contributed by atoms with Crippen LogP contribution in [0.4, 0.5) is 0 Å². The number of hydrogen-bond acceptors (Lipinski definition) is 8. The predicted octanol–water partition coefficient (Wildman–Crippen LogP) is 3.85. The van der Waals surface area contributed by atoms with Crippen molar-refractivity contribution in [3.05, 3.63) is 59.1 Å². The number of hydrogen-bond donors (Lipinski definition) is 0. The van der Waals surface area contributed by atoms with Crippen LogP contribution in [0.2, 0.25) is 5.02 Å². The van der Waals surface area contributed by atoms with E-state index in [9.17, 15) is 8.42 Å². The molecule has 0 atom stereocenters. The Labute approximate surface area is 225 Å². The highest BCUT2D eigenvalue weighted by atomic mass is 35.5. The molecule has 10 nitrogen and oxygen atoms in total. The molecule has 1 aromatic carbocycles. The molecular weight excluding hydrogens is 528 g/mol. The first-order valence-electron chi connectivity index (χ1n) is 12.3. The van der Waals surface area contributed by atoms with Crippen LogP contribution < -0.4 is 9.47 Å². The van der Waals surface area contributed by atoms with Crippen LogP contribution in [-0.2, 0) is 16.6 Å². The van der Waals surface area contributed by atoms with Crippen LogP contribution in [-0.4, -0.2) is 68.3 Å². The van der Waals surface area contributed by atoms with Crippen LogP contribution in [0.15, 0.2) is 42.9 Å². The second-order valence-electron chi connectivity index (χ2n) is 10.2. The minimum atomic E-state index is -3.21. The molecule has 0 spiro atoms. The smallest absolute Gasteiger partial charge is 0.245 e. The molecule has 4 aromatic rings. The van der Waals surface area contributed by atoms with Gasteiger partial charge in [0.25, 0.3) is 0 Å². The molecule has 3 aromatic heterocycles. The monoisotopic (exact) mass is 554 g/mol. The second kappa shape index (κ2) is 9.18. The van der Waals surface area contributed by atoms with Crippen molar-refractivity contribution < 1.29 is 17.9 Å². The number of pyridine rings is 1. The zero-order valence-corrected chi connectivity index (χ0v) is 22.8. The van der Waals surface area contributed by atoms with E-state index in [4.69, 9.17) is 26.1 Å². The molecule has 1 saturated heterocycles. The van der Waals surface area contributed by atoms with Crippen molar-refractivity contribution in [3.63, 3.8) is 0 Å². The summed E-state index contributed by atoms with van der Waals surface area (Å²) >= 11 is 6.77. The van der Waals surface area contributed by atoms with Crippen LogP contribution in [0, 0.1) is 6.92 Å². The molecule has 4 heterocycles. The highest BCUT2D eigenvalue weighted by Gasteiger charge is 2.41. The topological polar surface area (TPSA) is 112 Å². The Bertz CT molecular complexity index is 1650. The second-order valence-corrected chi connectivity index (χ2v) is 12.6. The van der Waals surface area contributed by atoms with Gasteiger partial charge in [-0.05, 0) is 62.6 Å². The van der Waals surface area contributed by atoms with E-state index in [0.717, 1.165) is 24.1 Å². The maximum atomic E-state index is 11.6. The lowest BCUT2D eigenvalue weighted by atomic mass is 10.2. The van der Waals surface area contributed by atoms with Crippen molar-refractivity contribution in [2.75, 3.05) is 19.3 Å². The quantitative estimate of drug-likeness (QED) is 0.323. The number of nitrogens with zero attached hydrogens (tertiary/aromatic N) is 6. The molecule has 1 saturated carbocycles. The van der Waals surface area contributed by atoms with Crippen LogP contribution in [0.25, 0.3) is 22.6 Å². The number of halogens is 1. The maximum absolute atomic E-state index is 11.6. The summed E-state index contributed by atoms with van der Waals surface area (Å²) in [5.74, 6) is 1.62. The van der Waals surface area contributed by atoms with Crippen molar-refractivity contribution in [2.24, 2.45) is 0 Å². The number of fused-ring (bicyclic) bond motifs is 1. The molecule has 0 bridgehead atoms. The van der Waals surface area contributed by atoms with Gasteiger partial charge in [-0.2, -0.15) is 9.29 Å². The summed E-state index contributed by atoms with van der Waals surface area (Å²) in [4.78, 5) is 18.4. The normalized spacial score (nSPS) is 17.4. The summed E-state index contributed by atoms with van der Waals surface area (Å²) in [7, 11) is -3.21. The number of ether oxygens (including phenoxy) is 2. The van der Waals surface area contributed by atoms with Gasteiger partial charge >= 0.3 is 0 Å². The first kappa shape index (κ1) is 25.0. The molecule has 2 aliphatic rings. The number of aromatic nitrogens is 5. The van der Waals surface area contributed by atoms with Gasteiger partial charge in [0.1, 0.15) is 29.6 Å². The highest BCUT2D eigenvalue weighted by molar-refractivity contribution is 7.88. The van der Waals surface area contributed by atoms with Crippen molar-refractivity contribution in [1.29, 1.82) is 0 Å². The Hall–Kier alpha value is -3.28. The molecule has 1 aliphatic carbocycles. The molecule has 6 rings (SSSR count). The van der Waals surface area contributed by atoms with E-state index < -0.39 is 10.0 Å². The lowest BCUT2D eigenvalue weighted by Gasteiger charge is -2.36. The minimum absolute atomic E-state index is 0.220. The predicted molar refractivity (Wildman–Crippen MR) is 143 cm³/mol. The Balaban J connectivity index is 1.36. The molecule has 198 valence electrons. The Kier molecular flexibility index (Phi) is 6.04. The molecular formula is C26H27ClN6O4S. The molecule has 0 amide bonds. The lowest BCUT2D eigenvalue weighted by molar-refractivity contribution is 0.0767. The first-order chi connectivity index (χ1) is 18.1. The van der Waals surface area contributed by atoms with Crippen molar-refractivity contribution >= 4 is 32.8 Å². The standard InChI is InChI=1S/C26H27ClN6O4S/c1-16-6-9-28-17(10-16)12-33-23(31-22-24(33)29-15-30-25(22)37-26(2)7-8-26)20-5-4-18(11-21(20)27)36-19-13-32(14-19)38(3,34)35/h4-6,9-11,15,19H,7-8,12-14H2,1-3H3. The zero-order valence-electron chi connectivity index (χ0n) is 21.3. The van der Waals surface area contributed by atoms with E-state index >= 15 is 0 Å². The van der Waals surface area contributed by atoms with Gasteiger partial charge in [0.2, 0.25) is 15.9 Å². The van der Waals surface area contributed by atoms with E-state index in [1.54, 1.807) is 12.3 Å². The largest absolute Gasteiger partial charge is 0.488 e.